The molecule has 5 nitrogen and oxygen atoms in total. The summed E-state index contributed by atoms with van der Waals surface area (Å²) in [4.78, 5) is 24.0. The van der Waals surface area contributed by atoms with E-state index in [1.165, 1.54) is 18.2 Å². The van der Waals surface area contributed by atoms with E-state index in [1.807, 2.05) is 24.3 Å². The molecule has 0 aromatic heterocycles. The van der Waals surface area contributed by atoms with E-state index in [0.717, 1.165) is 17.5 Å². The highest BCUT2D eigenvalue weighted by Gasteiger charge is 2.27. The van der Waals surface area contributed by atoms with Crippen LogP contribution in [-0.4, -0.2) is 23.6 Å². The zero-order chi connectivity index (χ0) is 18.7. The maximum Gasteiger partial charge on any atom is 0.330 e. The smallest absolute Gasteiger partial charge is 0.330 e. The number of halogens is 1. The molecule has 2 aromatic rings. The lowest BCUT2D eigenvalue weighted by Crippen LogP contribution is -2.35. The lowest BCUT2D eigenvalue weighted by molar-refractivity contribution is -0.142. The molecule has 3 rings (SSSR count). The normalized spacial score (nSPS) is 17.2. The lowest BCUT2D eigenvalue weighted by Gasteiger charge is -2.26. The number of carbonyl (C=O) groups excluding carboxylic acids is 1. The van der Waals surface area contributed by atoms with Gasteiger partial charge in [-0.1, -0.05) is 36.4 Å². The highest BCUT2D eigenvalue weighted by atomic mass is 19.1. The van der Waals surface area contributed by atoms with Crippen molar-refractivity contribution in [3.63, 3.8) is 0 Å². The van der Waals surface area contributed by atoms with Gasteiger partial charge < -0.3 is 15.2 Å². The fraction of sp³-hybridized carbons (Fsp3) is 0.300. The highest BCUT2D eigenvalue weighted by molar-refractivity contribution is 5.85. The van der Waals surface area contributed by atoms with Crippen LogP contribution in [0.4, 0.5) is 4.39 Å². The molecule has 0 spiro atoms. The van der Waals surface area contributed by atoms with Crippen LogP contribution in [0.1, 0.15) is 40.8 Å². The number of carbonyl (C=O) groups is 2. The molecule has 2 atom stereocenters. The van der Waals surface area contributed by atoms with Crippen molar-refractivity contribution in [1.29, 1.82) is 0 Å². The molecule has 0 radical (unpaired) electrons. The molecular formula is C20H20FNO4. The number of hydrogen-bond acceptors (Lipinski definition) is 3. The Balaban J connectivity index is 1.73. The molecule has 1 amide bonds. The second-order valence-electron chi connectivity index (χ2n) is 6.36. The Hall–Kier alpha value is -2.73. The van der Waals surface area contributed by atoms with Gasteiger partial charge in [-0.05, 0) is 41.7 Å². The van der Waals surface area contributed by atoms with Crippen molar-refractivity contribution in [2.75, 3.05) is 6.61 Å². The van der Waals surface area contributed by atoms with Gasteiger partial charge in [-0.2, -0.15) is 0 Å². The van der Waals surface area contributed by atoms with Gasteiger partial charge in [-0.15, -0.1) is 0 Å². The number of rotatable bonds is 5. The zero-order valence-electron chi connectivity index (χ0n) is 14.4. The first kappa shape index (κ1) is 18.1. The molecule has 2 unspecified atom stereocenters. The lowest BCUT2D eigenvalue weighted by atomic mass is 9.95. The minimum absolute atomic E-state index is 0.0287. The van der Waals surface area contributed by atoms with E-state index >= 15 is 0 Å². The summed E-state index contributed by atoms with van der Waals surface area (Å²) in [5, 5.41) is 12.0. The van der Waals surface area contributed by atoms with E-state index < -0.39 is 29.8 Å². The molecule has 0 aliphatic carbocycles. The highest BCUT2D eigenvalue weighted by Crippen LogP contribution is 2.29. The van der Waals surface area contributed by atoms with E-state index in [-0.39, 0.29) is 6.42 Å². The monoisotopic (exact) mass is 357 g/mol. The topological polar surface area (TPSA) is 75.6 Å². The predicted molar refractivity (Wildman–Crippen MR) is 93.1 cm³/mol. The van der Waals surface area contributed by atoms with Crippen molar-refractivity contribution in [2.45, 2.75) is 31.9 Å². The minimum Gasteiger partial charge on any atom is -0.479 e. The van der Waals surface area contributed by atoms with Gasteiger partial charge in [-0.25, -0.2) is 9.18 Å². The van der Waals surface area contributed by atoms with Gasteiger partial charge in [0.05, 0.1) is 19.1 Å². The average molecular weight is 357 g/mol. The number of carboxylic acid groups (broad SMARTS) is 1. The second kappa shape index (κ2) is 7.66. The van der Waals surface area contributed by atoms with Crippen LogP contribution in [0.3, 0.4) is 0 Å². The van der Waals surface area contributed by atoms with Crippen molar-refractivity contribution in [1.82, 2.24) is 5.32 Å². The quantitative estimate of drug-likeness (QED) is 0.862. The van der Waals surface area contributed by atoms with Crippen molar-refractivity contribution < 1.29 is 23.8 Å². The minimum atomic E-state index is -1.24. The standard InChI is InChI=1S/C20H20FNO4/c1-12-10-14(6-7-16(12)21)19(20(24)25)22-18(23)11-17-15-5-3-2-4-13(15)8-9-26-17/h2-7,10,17,19H,8-9,11H2,1H3,(H,22,23)(H,24,25). The third-order valence-electron chi connectivity index (χ3n) is 4.53. The molecule has 1 aliphatic heterocycles. The number of ether oxygens (including phenoxy) is 1. The number of hydrogen-bond donors (Lipinski definition) is 2. The van der Waals surface area contributed by atoms with Crippen LogP contribution in [0.25, 0.3) is 0 Å². The number of aliphatic carboxylic acids is 1. The summed E-state index contributed by atoms with van der Waals surface area (Å²) in [5.74, 6) is -2.05. The molecule has 1 aliphatic rings. The molecule has 0 saturated heterocycles. The summed E-state index contributed by atoms with van der Waals surface area (Å²) in [5.41, 5.74) is 2.75. The fourth-order valence-electron chi connectivity index (χ4n) is 3.17. The van der Waals surface area contributed by atoms with Crippen LogP contribution in [0.2, 0.25) is 0 Å². The molecule has 0 bridgehead atoms. The summed E-state index contributed by atoms with van der Waals surface area (Å²) in [7, 11) is 0. The van der Waals surface area contributed by atoms with Gasteiger partial charge in [0.25, 0.3) is 0 Å². The molecule has 0 saturated carbocycles. The third-order valence-corrected chi connectivity index (χ3v) is 4.53. The maximum absolute atomic E-state index is 13.4. The number of nitrogens with one attached hydrogen (secondary N) is 1. The Morgan fingerprint density at radius 3 is 2.81 bits per heavy atom. The Bertz CT molecular complexity index is 836. The number of fused-ring (bicyclic) bond motifs is 1. The van der Waals surface area contributed by atoms with Crippen LogP contribution >= 0.6 is 0 Å². The number of amides is 1. The summed E-state index contributed by atoms with van der Waals surface area (Å²) >= 11 is 0. The maximum atomic E-state index is 13.4. The van der Waals surface area contributed by atoms with E-state index in [9.17, 15) is 19.1 Å². The number of benzene rings is 2. The van der Waals surface area contributed by atoms with Gasteiger partial charge in [0.15, 0.2) is 6.04 Å². The summed E-state index contributed by atoms with van der Waals surface area (Å²) < 4.78 is 19.1. The van der Waals surface area contributed by atoms with Crippen LogP contribution in [0.15, 0.2) is 42.5 Å². The molecule has 0 fully saturated rings. The van der Waals surface area contributed by atoms with Crippen LogP contribution in [0.5, 0.6) is 0 Å². The van der Waals surface area contributed by atoms with Crippen LogP contribution in [0, 0.1) is 12.7 Å². The van der Waals surface area contributed by atoms with Gasteiger partial charge in [0, 0.05) is 0 Å². The first-order chi connectivity index (χ1) is 12.5. The van der Waals surface area contributed by atoms with Crippen LogP contribution < -0.4 is 5.32 Å². The largest absolute Gasteiger partial charge is 0.479 e. The van der Waals surface area contributed by atoms with Crippen molar-refractivity contribution in [3.8, 4) is 0 Å². The van der Waals surface area contributed by atoms with Gasteiger partial charge in [-0.3, -0.25) is 4.79 Å². The van der Waals surface area contributed by atoms with E-state index in [0.29, 0.717) is 17.7 Å². The van der Waals surface area contributed by atoms with Gasteiger partial charge >= 0.3 is 5.97 Å². The molecular weight excluding hydrogens is 337 g/mol. The van der Waals surface area contributed by atoms with Crippen molar-refractivity contribution in [2.24, 2.45) is 0 Å². The first-order valence-electron chi connectivity index (χ1n) is 8.43. The summed E-state index contributed by atoms with van der Waals surface area (Å²) in [6, 6.07) is 10.5. The third kappa shape index (κ3) is 3.91. The number of carboxylic acids is 1. The Morgan fingerprint density at radius 1 is 1.31 bits per heavy atom. The summed E-state index contributed by atoms with van der Waals surface area (Å²) in [6.45, 7) is 2.07. The summed E-state index contributed by atoms with van der Waals surface area (Å²) in [6.07, 6.45) is 0.423. The van der Waals surface area contributed by atoms with Crippen LogP contribution in [-0.2, 0) is 20.7 Å². The molecule has 2 aromatic carbocycles. The average Bonchev–Trinajstić information content (AvgIpc) is 2.62. The van der Waals surface area contributed by atoms with E-state index in [2.05, 4.69) is 5.32 Å². The molecule has 1 heterocycles. The Kier molecular flexibility index (Phi) is 5.32. The molecule has 136 valence electrons. The first-order valence-corrected chi connectivity index (χ1v) is 8.43. The van der Waals surface area contributed by atoms with E-state index in [1.54, 1.807) is 6.92 Å². The zero-order valence-corrected chi connectivity index (χ0v) is 14.4. The molecule has 6 heteroatoms. The fourth-order valence-corrected chi connectivity index (χ4v) is 3.17. The molecule has 26 heavy (non-hydrogen) atoms. The number of aryl methyl sites for hydroxylation is 1. The Morgan fingerprint density at radius 2 is 2.08 bits per heavy atom. The second-order valence-corrected chi connectivity index (χ2v) is 6.36. The predicted octanol–water partition coefficient (Wildman–Crippen LogP) is 3.08. The Labute approximate surface area is 150 Å². The van der Waals surface area contributed by atoms with Crippen molar-refractivity contribution >= 4 is 11.9 Å². The SMILES string of the molecule is Cc1cc(C(NC(=O)CC2OCCc3ccccc32)C(=O)O)ccc1F. The van der Waals surface area contributed by atoms with Gasteiger partial charge in [0.1, 0.15) is 5.82 Å². The molecule has 2 N–H and O–H groups in total. The van der Waals surface area contributed by atoms with E-state index in [4.69, 9.17) is 4.74 Å². The van der Waals surface area contributed by atoms with Gasteiger partial charge in [0.2, 0.25) is 5.91 Å². The van der Waals surface area contributed by atoms with Crippen molar-refractivity contribution in [3.05, 3.63) is 70.5 Å².